The number of hydrogen-bond donors (Lipinski definition) is 2. The van der Waals surface area contributed by atoms with Crippen LogP contribution in [0.3, 0.4) is 0 Å². The molecule has 1 fully saturated rings. The maximum absolute atomic E-state index is 13.0. The van der Waals surface area contributed by atoms with Gasteiger partial charge in [-0.2, -0.15) is 0 Å². The van der Waals surface area contributed by atoms with Crippen molar-refractivity contribution in [2.24, 2.45) is 0 Å². The number of benzene rings is 2. The zero-order valence-electron chi connectivity index (χ0n) is 14.7. The molecule has 0 radical (unpaired) electrons. The minimum absolute atomic E-state index is 0.183. The third-order valence-electron chi connectivity index (χ3n) is 4.57. The summed E-state index contributed by atoms with van der Waals surface area (Å²) in [6, 6.07) is 12.4. The first-order valence-electron chi connectivity index (χ1n) is 8.80. The second kappa shape index (κ2) is 7.99. The second-order valence-electron chi connectivity index (χ2n) is 6.29. The fraction of sp³-hybridized carbons (Fsp3) is 0.300. The minimum atomic E-state index is -0.514. The lowest BCUT2D eigenvalue weighted by Gasteiger charge is -2.24. The molecule has 6 heteroatoms. The fourth-order valence-corrected chi connectivity index (χ4v) is 3.18. The first-order chi connectivity index (χ1) is 12.6. The topological polar surface area (TPSA) is 61.4 Å². The van der Waals surface area contributed by atoms with Gasteiger partial charge in [-0.05, 0) is 55.2 Å². The quantitative estimate of drug-likeness (QED) is 0.870. The highest BCUT2D eigenvalue weighted by molar-refractivity contribution is 6.00. The summed E-state index contributed by atoms with van der Waals surface area (Å²) in [4.78, 5) is 26.8. The van der Waals surface area contributed by atoms with E-state index in [0.29, 0.717) is 18.7 Å². The van der Waals surface area contributed by atoms with Crippen LogP contribution in [-0.2, 0) is 11.2 Å². The summed E-state index contributed by atoms with van der Waals surface area (Å²) in [5.74, 6) is -0.548. The van der Waals surface area contributed by atoms with Crippen LogP contribution in [0.5, 0.6) is 0 Å². The molecule has 3 rings (SSSR count). The number of nitrogens with one attached hydrogen (secondary N) is 2. The summed E-state index contributed by atoms with van der Waals surface area (Å²) in [6.45, 7) is 2.55. The summed E-state index contributed by atoms with van der Waals surface area (Å²) in [7, 11) is 0. The second-order valence-corrected chi connectivity index (χ2v) is 6.29. The Kier molecular flexibility index (Phi) is 5.51. The van der Waals surface area contributed by atoms with Gasteiger partial charge in [-0.25, -0.2) is 9.18 Å². The maximum atomic E-state index is 13.0. The van der Waals surface area contributed by atoms with E-state index in [9.17, 15) is 14.0 Å². The van der Waals surface area contributed by atoms with E-state index in [1.807, 2.05) is 31.2 Å². The van der Waals surface area contributed by atoms with Gasteiger partial charge >= 0.3 is 6.03 Å². The van der Waals surface area contributed by atoms with Gasteiger partial charge in [0.1, 0.15) is 11.9 Å². The van der Waals surface area contributed by atoms with Crippen LogP contribution in [0.15, 0.2) is 48.5 Å². The molecule has 1 heterocycles. The predicted octanol–water partition coefficient (Wildman–Crippen LogP) is 4.02. The van der Waals surface area contributed by atoms with E-state index in [2.05, 4.69) is 10.6 Å². The molecule has 2 N–H and O–H groups in total. The molecule has 5 nitrogen and oxygen atoms in total. The number of urea groups is 1. The van der Waals surface area contributed by atoms with Crippen molar-refractivity contribution in [3.63, 3.8) is 0 Å². The van der Waals surface area contributed by atoms with Crippen molar-refractivity contribution in [3.05, 3.63) is 59.9 Å². The molecule has 0 unspecified atom stereocenters. The van der Waals surface area contributed by atoms with Gasteiger partial charge in [-0.3, -0.25) is 4.79 Å². The van der Waals surface area contributed by atoms with Crippen LogP contribution in [0.4, 0.5) is 20.6 Å². The Bertz CT molecular complexity index is 792. The van der Waals surface area contributed by atoms with Crippen LogP contribution in [0.2, 0.25) is 0 Å². The van der Waals surface area contributed by atoms with Crippen LogP contribution in [0.25, 0.3) is 0 Å². The molecule has 2 aromatic rings. The molecular weight excluding hydrogens is 333 g/mol. The van der Waals surface area contributed by atoms with Crippen LogP contribution in [-0.4, -0.2) is 29.4 Å². The average molecular weight is 355 g/mol. The van der Waals surface area contributed by atoms with Gasteiger partial charge < -0.3 is 15.5 Å². The summed E-state index contributed by atoms with van der Waals surface area (Å²) in [5.41, 5.74) is 2.34. The Balaban J connectivity index is 1.67. The van der Waals surface area contributed by atoms with E-state index in [1.165, 1.54) is 29.2 Å². The number of carbonyl (C=O) groups is 2. The molecule has 3 amide bonds. The summed E-state index contributed by atoms with van der Waals surface area (Å²) >= 11 is 0. The number of likely N-dealkylation sites (tertiary alicyclic amines) is 1. The van der Waals surface area contributed by atoms with Crippen molar-refractivity contribution in [1.82, 2.24) is 4.90 Å². The Hall–Kier alpha value is -2.89. The van der Waals surface area contributed by atoms with Crippen molar-refractivity contribution in [2.75, 3.05) is 17.2 Å². The number of rotatable bonds is 4. The fourth-order valence-electron chi connectivity index (χ4n) is 3.18. The molecule has 0 aromatic heterocycles. The van der Waals surface area contributed by atoms with Crippen molar-refractivity contribution in [2.45, 2.75) is 32.2 Å². The van der Waals surface area contributed by atoms with Gasteiger partial charge in [-0.15, -0.1) is 0 Å². The lowest BCUT2D eigenvalue weighted by molar-refractivity contribution is -0.119. The molecule has 1 saturated heterocycles. The molecule has 0 bridgehead atoms. The molecule has 1 atom stereocenters. The van der Waals surface area contributed by atoms with Gasteiger partial charge in [-0.1, -0.05) is 25.1 Å². The van der Waals surface area contributed by atoms with E-state index in [-0.39, 0.29) is 17.8 Å². The third-order valence-corrected chi connectivity index (χ3v) is 4.57. The number of para-hydroxylation sites is 1. The zero-order chi connectivity index (χ0) is 18.5. The lowest BCUT2D eigenvalue weighted by Crippen LogP contribution is -2.45. The normalized spacial score (nSPS) is 16.4. The first-order valence-corrected chi connectivity index (χ1v) is 8.80. The highest BCUT2D eigenvalue weighted by atomic mass is 19.1. The van der Waals surface area contributed by atoms with Gasteiger partial charge in [0.25, 0.3) is 0 Å². The van der Waals surface area contributed by atoms with Crippen molar-refractivity contribution >= 4 is 23.3 Å². The highest BCUT2D eigenvalue weighted by Crippen LogP contribution is 2.22. The van der Waals surface area contributed by atoms with Crippen molar-refractivity contribution in [1.29, 1.82) is 0 Å². The summed E-state index contributed by atoms with van der Waals surface area (Å²) < 4.78 is 13.0. The molecule has 0 aliphatic carbocycles. The zero-order valence-corrected chi connectivity index (χ0v) is 14.7. The number of hydrogen-bond acceptors (Lipinski definition) is 2. The number of amides is 3. The smallest absolute Gasteiger partial charge is 0.322 e. The average Bonchev–Trinajstić information content (AvgIpc) is 3.14. The minimum Gasteiger partial charge on any atom is -0.324 e. The molecule has 1 aliphatic rings. The van der Waals surface area contributed by atoms with E-state index in [0.717, 1.165) is 24.1 Å². The lowest BCUT2D eigenvalue weighted by atomic mass is 10.1. The summed E-state index contributed by atoms with van der Waals surface area (Å²) in [5, 5.41) is 5.67. The number of nitrogens with zero attached hydrogens (tertiary/aromatic N) is 1. The van der Waals surface area contributed by atoms with Crippen molar-refractivity contribution < 1.29 is 14.0 Å². The number of aryl methyl sites for hydroxylation is 1. The maximum Gasteiger partial charge on any atom is 0.322 e. The highest BCUT2D eigenvalue weighted by Gasteiger charge is 2.34. The third kappa shape index (κ3) is 4.02. The Morgan fingerprint density at radius 2 is 1.85 bits per heavy atom. The molecular formula is C20H22FN3O2. The monoisotopic (exact) mass is 355 g/mol. The SMILES string of the molecule is CCc1ccccc1NC(=O)[C@@H]1CCCN1C(=O)Nc1ccc(F)cc1. The molecule has 136 valence electrons. The Morgan fingerprint density at radius 1 is 1.12 bits per heavy atom. The Labute approximate surface area is 152 Å². The number of anilines is 2. The van der Waals surface area contributed by atoms with E-state index < -0.39 is 6.04 Å². The molecule has 0 saturated carbocycles. The van der Waals surface area contributed by atoms with Crippen LogP contribution >= 0.6 is 0 Å². The van der Waals surface area contributed by atoms with Crippen LogP contribution in [0.1, 0.15) is 25.3 Å². The van der Waals surface area contributed by atoms with Gasteiger partial charge in [0.05, 0.1) is 0 Å². The van der Waals surface area contributed by atoms with Crippen LogP contribution in [0, 0.1) is 5.82 Å². The van der Waals surface area contributed by atoms with Crippen LogP contribution < -0.4 is 10.6 Å². The standard InChI is InChI=1S/C20H22FN3O2/c1-2-14-6-3-4-7-17(14)23-19(25)18-8-5-13-24(18)20(26)22-16-11-9-15(21)10-12-16/h3-4,6-7,9-12,18H,2,5,8,13H2,1H3,(H,22,26)(H,23,25)/t18-/m0/s1. The molecule has 1 aliphatic heterocycles. The Morgan fingerprint density at radius 3 is 2.58 bits per heavy atom. The van der Waals surface area contributed by atoms with Crippen molar-refractivity contribution in [3.8, 4) is 0 Å². The first kappa shape index (κ1) is 17.9. The largest absolute Gasteiger partial charge is 0.324 e. The van der Waals surface area contributed by atoms with Gasteiger partial charge in [0, 0.05) is 17.9 Å². The van der Waals surface area contributed by atoms with Gasteiger partial charge in [0.2, 0.25) is 5.91 Å². The van der Waals surface area contributed by atoms with E-state index >= 15 is 0 Å². The van der Waals surface area contributed by atoms with Gasteiger partial charge in [0.15, 0.2) is 0 Å². The molecule has 2 aromatic carbocycles. The molecule has 26 heavy (non-hydrogen) atoms. The van der Waals surface area contributed by atoms with E-state index in [4.69, 9.17) is 0 Å². The number of carbonyl (C=O) groups excluding carboxylic acids is 2. The van der Waals surface area contributed by atoms with E-state index in [1.54, 1.807) is 0 Å². The predicted molar refractivity (Wildman–Crippen MR) is 99.6 cm³/mol. The molecule has 0 spiro atoms. The number of halogens is 1. The summed E-state index contributed by atoms with van der Waals surface area (Å²) in [6.07, 6.45) is 2.21.